The summed E-state index contributed by atoms with van der Waals surface area (Å²) in [5.41, 5.74) is -0.460. The van der Waals surface area contributed by atoms with E-state index in [1.807, 2.05) is 11.8 Å². The number of alkyl halides is 3. The number of β-amino-alcohol motifs (C(OH)–C–C–N with tert-alkyl or cyclic N) is 1. The van der Waals surface area contributed by atoms with Crippen LogP contribution in [-0.4, -0.2) is 37.8 Å². The van der Waals surface area contributed by atoms with Gasteiger partial charge in [-0.25, -0.2) is 4.98 Å². The molecule has 2 atom stereocenters. The first-order chi connectivity index (χ1) is 11.4. The van der Waals surface area contributed by atoms with E-state index in [0.717, 1.165) is 6.07 Å². The number of nitrogens with zero attached hydrogens (tertiary/aromatic N) is 3. The second-order valence-corrected chi connectivity index (χ2v) is 5.97. The van der Waals surface area contributed by atoms with Crippen molar-refractivity contribution in [1.29, 1.82) is 0 Å². The molecule has 24 heavy (non-hydrogen) atoms. The number of benzene rings is 1. The van der Waals surface area contributed by atoms with Crippen molar-refractivity contribution in [1.82, 2.24) is 20.1 Å². The van der Waals surface area contributed by atoms with Crippen molar-refractivity contribution >= 4 is 0 Å². The molecule has 0 aliphatic carbocycles. The van der Waals surface area contributed by atoms with Crippen molar-refractivity contribution in [3.63, 3.8) is 0 Å². The maximum Gasteiger partial charge on any atom is 0.416 e. The molecular formula is C16H19F3N4O. The van der Waals surface area contributed by atoms with E-state index in [0.29, 0.717) is 31.2 Å². The molecule has 1 fully saturated rings. The van der Waals surface area contributed by atoms with Crippen molar-refractivity contribution in [3.05, 3.63) is 47.0 Å². The number of hydrogen-bond acceptors (Lipinski definition) is 4. The van der Waals surface area contributed by atoms with Gasteiger partial charge < -0.3 is 5.11 Å². The number of aryl methyl sites for hydroxylation is 1. The van der Waals surface area contributed by atoms with Crippen molar-refractivity contribution in [2.45, 2.75) is 44.6 Å². The molecule has 5 nitrogen and oxygen atoms in total. The summed E-state index contributed by atoms with van der Waals surface area (Å²) in [6, 6.07) is 5.04. The summed E-state index contributed by atoms with van der Waals surface area (Å²) in [4.78, 5) is 6.12. The fourth-order valence-electron chi connectivity index (χ4n) is 3.18. The number of aromatic amines is 1. The van der Waals surface area contributed by atoms with Crippen LogP contribution >= 0.6 is 0 Å². The Kier molecular flexibility index (Phi) is 4.60. The third-order valence-electron chi connectivity index (χ3n) is 4.25. The van der Waals surface area contributed by atoms with E-state index in [1.54, 1.807) is 6.07 Å². The summed E-state index contributed by atoms with van der Waals surface area (Å²) in [6.07, 6.45) is -4.14. The number of H-pyrrole nitrogens is 1. The molecule has 3 rings (SSSR count). The number of likely N-dealkylation sites (tertiary alicyclic amines) is 1. The number of aliphatic hydroxyl groups is 1. The highest BCUT2D eigenvalue weighted by atomic mass is 19.4. The molecule has 2 heterocycles. The van der Waals surface area contributed by atoms with Gasteiger partial charge in [0.1, 0.15) is 11.6 Å². The molecule has 1 aliphatic heterocycles. The highest BCUT2D eigenvalue weighted by molar-refractivity contribution is 5.33. The van der Waals surface area contributed by atoms with Gasteiger partial charge in [0, 0.05) is 19.0 Å². The van der Waals surface area contributed by atoms with Crippen molar-refractivity contribution in [2.24, 2.45) is 0 Å². The minimum atomic E-state index is -4.42. The van der Waals surface area contributed by atoms with Crippen LogP contribution < -0.4 is 0 Å². The van der Waals surface area contributed by atoms with Crippen LogP contribution in [0.5, 0.6) is 0 Å². The summed E-state index contributed by atoms with van der Waals surface area (Å²) in [6.45, 7) is 2.55. The Morgan fingerprint density at radius 1 is 1.33 bits per heavy atom. The van der Waals surface area contributed by atoms with Crippen molar-refractivity contribution < 1.29 is 18.3 Å². The summed E-state index contributed by atoms with van der Waals surface area (Å²) in [7, 11) is 0. The fraction of sp³-hybridized carbons (Fsp3) is 0.500. The van der Waals surface area contributed by atoms with Crippen LogP contribution in [0.2, 0.25) is 0 Å². The third kappa shape index (κ3) is 3.44. The largest absolute Gasteiger partial charge is 0.416 e. The maximum atomic E-state index is 13.3. The monoisotopic (exact) mass is 340 g/mol. The Bertz CT molecular complexity index is 701. The van der Waals surface area contributed by atoms with Gasteiger partial charge in [-0.05, 0) is 18.1 Å². The molecule has 130 valence electrons. The van der Waals surface area contributed by atoms with Gasteiger partial charge in [0.15, 0.2) is 0 Å². The molecule has 1 aromatic carbocycles. The fourth-order valence-corrected chi connectivity index (χ4v) is 3.18. The topological polar surface area (TPSA) is 65.0 Å². The molecule has 2 aromatic rings. The van der Waals surface area contributed by atoms with Crippen LogP contribution in [0.4, 0.5) is 13.2 Å². The zero-order valence-corrected chi connectivity index (χ0v) is 13.2. The molecule has 1 aromatic heterocycles. The number of aromatic nitrogens is 3. The van der Waals surface area contributed by atoms with Crippen LogP contribution in [0.25, 0.3) is 0 Å². The first-order valence-electron chi connectivity index (χ1n) is 7.87. The normalized spacial score (nSPS) is 22.2. The molecule has 0 saturated carbocycles. The number of halogens is 3. The number of hydrogen-bond donors (Lipinski definition) is 2. The molecular weight excluding hydrogens is 321 g/mol. The lowest BCUT2D eigenvalue weighted by Crippen LogP contribution is -2.26. The Balaban J connectivity index is 1.88. The minimum absolute atomic E-state index is 0.191. The zero-order chi connectivity index (χ0) is 17.3. The van der Waals surface area contributed by atoms with E-state index in [2.05, 4.69) is 15.2 Å². The number of nitrogens with one attached hydrogen (secondary N) is 1. The van der Waals surface area contributed by atoms with Gasteiger partial charge in [-0.1, -0.05) is 25.1 Å². The van der Waals surface area contributed by atoms with E-state index < -0.39 is 23.9 Å². The molecule has 0 amide bonds. The molecule has 0 bridgehead atoms. The lowest BCUT2D eigenvalue weighted by atomic mass is 9.97. The Labute approximate surface area is 137 Å². The average molecular weight is 340 g/mol. The van der Waals surface area contributed by atoms with Gasteiger partial charge in [0.25, 0.3) is 0 Å². The van der Waals surface area contributed by atoms with E-state index in [-0.39, 0.29) is 12.0 Å². The van der Waals surface area contributed by atoms with Crippen LogP contribution in [0.15, 0.2) is 24.3 Å². The first-order valence-corrected chi connectivity index (χ1v) is 7.87. The van der Waals surface area contributed by atoms with Gasteiger partial charge in [-0.3, -0.25) is 10.00 Å². The number of aliphatic hydroxyl groups excluding tert-OH is 1. The van der Waals surface area contributed by atoms with Gasteiger partial charge in [-0.2, -0.15) is 18.3 Å². The molecule has 0 radical (unpaired) electrons. The molecule has 1 aliphatic rings. The molecule has 8 heteroatoms. The minimum Gasteiger partial charge on any atom is -0.392 e. The average Bonchev–Trinajstić information content (AvgIpc) is 3.13. The first kappa shape index (κ1) is 16.9. The van der Waals surface area contributed by atoms with Crippen molar-refractivity contribution in [3.8, 4) is 0 Å². The Hall–Kier alpha value is -1.93. The zero-order valence-electron chi connectivity index (χ0n) is 13.2. The quantitative estimate of drug-likeness (QED) is 0.898. The molecule has 0 unspecified atom stereocenters. The summed E-state index contributed by atoms with van der Waals surface area (Å²) in [5, 5.41) is 16.8. The maximum absolute atomic E-state index is 13.3. The van der Waals surface area contributed by atoms with E-state index in [9.17, 15) is 18.3 Å². The second-order valence-electron chi connectivity index (χ2n) is 5.97. The Morgan fingerprint density at radius 3 is 2.75 bits per heavy atom. The third-order valence-corrected chi connectivity index (χ3v) is 4.25. The predicted octanol–water partition coefficient (Wildman–Crippen LogP) is 2.69. The van der Waals surface area contributed by atoms with E-state index in [1.165, 1.54) is 12.1 Å². The van der Waals surface area contributed by atoms with Crippen LogP contribution in [0.3, 0.4) is 0 Å². The van der Waals surface area contributed by atoms with Gasteiger partial charge in [0.2, 0.25) is 0 Å². The SMILES string of the molecule is CCc1n[nH]c(CN2C[C@H](O)C[C@@H]2c2ccccc2C(F)(F)F)n1. The Morgan fingerprint density at radius 2 is 2.08 bits per heavy atom. The van der Waals surface area contributed by atoms with Gasteiger partial charge in [0.05, 0.1) is 18.2 Å². The van der Waals surface area contributed by atoms with Crippen LogP contribution in [-0.2, 0) is 19.1 Å². The lowest BCUT2D eigenvalue weighted by Gasteiger charge is -2.26. The highest BCUT2D eigenvalue weighted by Crippen LogP contribution is 2.40. The summed E-state index contributed by atoms with van der Waals surface area (Å²) < 4.78 is 39.9. The van der Waals surface area contributed by atoms with E-state index in [4.69, 9.17) is 0 Å². The standard InChI is InChI=1S/C16H19F3N4O/c1-2-14-20-15(22-21-14)9-23-8-10(24)7-13(23)11-5-3-4-6-12(11)16(17,18)19/h3-6,10,13,24H,2,7-9H2,1H3,(H,20,21,22)/t10-,13-/m1/s1. The van der Waals surface area contributed by atoms with Crippen LogP contribution in [0.1, 0.15) is 42.2 Å². The smallest absolute Gasteiger partial charge is 0.392 e. The van der Waals surface area contributed by atoms with Crippen LogP contribution in [0, 0.1) is 0 Å². The number of rotatable bonds is 4. The van der Waals surface area contributed by atoms with Crippen molar-refractivity contribution in [2.75, 3.05) is 6.54 Å². The molecule has 1 saturated heterocycles. The summed E-state index contributed by atoms with van der Waals surface area (Å²) >= 11 is 0. The van der Waals surface area contributed by atoms with E-state index >= 15 is 0 Å². The molecule has 2 N–H and O–H groups in total. The summed E-state index contributed by atoms with van der Waals surface area (Å²) in [5.74, 6) is 1.26. The second kappa shape index (κ2) is 6.52. The predicted molar refractivity (Wildman–Crippen MR) is 81.0 cm³/mol. The lowest BCUT2D eigenvalue weighted by molar-refractivity contribution is -0.138. The molecule has 0 spiro atoms. The van der Waals surface area contributed by atoms with Gasteiger partial charge in [-0.15, -0.1) is 0 Å². The van der Waals surface area contributed by atoms with Gasteiger partial charge >= 0.3 is 6.18 Å². The highest BCUT2D eigenvalue weighted by Gasteiger charge is 2.39.